The molecule has 2 aromatic heterocycles. The second-order valence-electron chi connectivity index (χ2n) is 10.6. The number of piperazine rings is 1. The number of H-pyrrole nitrogens is 1. The number of aromatic amines is 1. The van der Waals surface area contributed by atoms with Crippen LogP contribution in [0, 0.1) is 6.92 Å². The van der Waals surface area contributed by atoms with Crippen LogP contribution in [0.5, 0.6) is 5.75 Å². The molecule has 3 aromatic carbocycles. The van der Waals surface area contributed by atoms with Crippen molar-refractivity contribution >= 4 is 28.2 Å². The third-order valence-electron chi connectivity index (χ3n) is 7.90. The van der Waals surface area contributed by atoms with Crippen molar-refractivity contribution in [1.29, 1.82) is 0 Å². The van der Waals surface area contributed by atoms with Gasteiger partial charge in [-0.2, -0.15) is 0 Å². The zero-order valence-corrected chi connectivity index (χ0v) is 24.6. The molecule has 216 valence electrons. The number of ether oxygens (including phenoxy) is 1. The van der Waals surface area contributed by atoms with Gasteiger partial charge in [0.2, 0.25) is 0 Å². The average Bonchev–Trinajstić information content (AvgIpc) is 3.47. The molecule has 0 unspecified atom stereocenters. The number of hydrogen-bond acceptors (Lipinski definition) is 7. The number of anilines is 1. The van der Waals surface area contributed by atoms with E-state index >= 15 is 0 Å². The summed E-state index contributed by atoms with van der Waals surface area (Å²) < 4.78 is 7.58. The highest BCUT2D eigenvalue weighted by Gasteiger charge is 2.33. The second kappa shape index (κ2) is 12.3. The summed E-state index contributed by atoms with van der Waals surface area (Å²) in [6.07, 6.45) is 0.777. The van der Waals surface area contributed by atoms with E-state index in [4.69, 9.17) is 16.3 Å². The van der Waals surface area contributed by atoms with E-state index in [1.807, 2.05) is 66.2 Å². The summed E-state index contributed by atoms with van der Waals surface area (Å²) in [5.74, 6) is 1.42. The highest BCUT2D eigenvalue weighted by molar-refractivity contribution is 6.30. The number of aryl methyl sites for hydroxylation is 3. The normalized spacial score (nSPS) is 14.8. The third-order valence-corrected chi connectivity index (χ3v) is 8.14. The minimum absolute atomic E-state index is 0.151. The van der Waals surface area contributed by atoms with Crippen LogP contribution < -0.4 is 15.2 Å². The number of benzene rings is 3. The zero-order valence-electron chi connectivity index (χ0n) is 23.8. The van der Waals surface area contributed by atoms with Crippen molar-refractivity contribution in [2.24, 2.45) is 0 Å². The number of aromatic nitrogens is 5. The molecule has 3 heterocycles. The van der Waals surface area contributed by atoms with Crippen LogP contribution in [0.4, 0.5) is 5.69 Å². The first-order valence-electron chi connectivity index (χ1n) is 14.3. The molecule has 1 aliphatic rings. The number of tetrazole rings is 1. The smallest absolute Gasteiger partial charge is 0.253 e. The minimum Gasteiger partial charge on any atom is -0.494 e. The fourth-order valence-corrected chi connectivity index (χ4v) is 5.92. The number of rotatable bonds is 9. The van der Waals surface area contributed by atoms with E-state index in [0.717, 1.165) is 60.0 Å². The maximum absolute atomic E-state index is 13.7. The highest BCUT2D eigenvalue weighted by atomic mass is 35.5. The Labute approximate surface area is 249 Å². The van der Waals surface area contributed by atoms with Gasteiger partial charge in [0.25, 0.3) is 5.56 Å². The van der Waals surface area contributed by atoms with Crippen molar-refractivity contribution in [2.75, 3.05) is 37.7 Å². The molecule has 9 nitrogen and oxygen atoms in total. The standard InChI is InChI=1S/C32H34ClN7O2/c1-3-42-26-11-12-28-24(19-26)20-27(32(41)34-28)30(31-35-36-37-40(31)14-13-23-7-5-4-6-8-23)39-17-15-38(16-18-39)29-21-25(33)10-9-22(29)2/h4-12,19-21,30H,3,13-18H2,1-2H3,(H,34,41)/t30-/m1/s1. The van der Waals surface area contributed by atoms with Crippen LogP contribution >= 0.6 is 11.6 Å². The highest BCUT2D eigenvalue weighted by Crippen LogP contribution is 2.31. The van der Waals surface area contributed by atoms with E-state index in [-0.39, 0.29) is 5.56 Å². The predicted octanol–water partition coefficient (Wildman–Crippen LogP) is 5.03. The van der Waals surface area contributed by atoms with Crippen LogP contribution in [-0.4, -0.2) is 62.9 Å². The van der Waals surface area contributed by atoms with E-state index in [1.165, 1.54) is 11.1 Å². The van der Waals surface area contributed by atoms with Crippen LogP contribution in [0.1, 0.15) is 35.5 Å². The van der Waals surface area contributed by atoms with E-state index in [0.29, 0.717) is 24.5 Å². The Kier molecular flexibility index (Phi) is 8.21. The van der Waals surface area contributed by atoms with Crippen LogP contribution in [0.3, 0.4) is 0 Å². The number of halogens is 1. The topological polar surface area (TPSA) is 92.2 Å². The SMILES string of the molecule is CCOc1ccc2[nH]c(=O)c([C@H](c3nnnn3CCc3ccccc3)N3CCN(c4cc(Cl)ccc4C)CC3)cc2c1. The van der Waals surface area contributed by atoms with Crippen LogP contribution in [-0.2, 0) is 13.0 Å². The van der Waals surface area contributed by atoms with Gasteiger partial charge in [0, 0.05) is 59.9 Å². The number of nitrogens with zero attached hydrogens (tertiary/aromatic N) is 6. The Morgan fingerprint density at radius 2 is 1.81 bits per heavy atom. The molecule has 5 aromatic rings. The van der Waals surface area contributed by atoms with Crippen LogP contribution in [0.2, 0.25) is 5.02 Å². The summed E-state index contributed by atoms with van der Waals surface area (Å²) in [4.78, 5) is 21.4. The Morgan fingerprint density at radius 1 is 1.00 bits per heavy atom. The molecule has 0 amide bonds. The molecular formula is C32H34ClN7O2. The fraction of sp³-hybridized carbons (Fsp3) is 0.312. The Morgan fingerprint density at radius 3 is 2.60 bits per heavy atom. The van der Waals surface area contributed by atoms with Crippen molar-refractivity contribution in [2.45, 2.75) is 32.9 Å². The van der Waals surface area contributed by atoms with Crippen LogP contribution in [0.25, 0.3) is 10.9 Å². The first-order chi connectivity index (χ1) is 20.5. The molecule has 1 saturated heterocycles. The van der Waals surface area contributed by atoms with Gasteiger partial charge in [0.1, 0.15) is 11.8 Å². The van der Waals surface area contributed by atoms with Gasteiger partial charge in [-0.15, -0.1) is 5.10 Å². The van der Waals surface area contributed by atoms with Crippen molar-refractivity contribution in [3.05, 3.63) is 111 Å². The molecule has 1 aliphatic heterocycles. The van der Waals surface area contributed by atoms with Gasteiger partial charge in [-0.1, -0.05) is 48.0 Å². The molecule has 1 fully saturated rings. The average molecular weight is 584 g/mol. The van der Waals surface area contributed by atoms with Gasteiger partial charge in [-0.3, -0.25) is 9.69 Å². The Bertz CT molecular complexity index is 1730. The molecule has 1 N–H and O–H groups in total. The number of hydrogen-bond donors (Lipinski definition) is 1. The second-order valence-corrected chi connectivity index (χ2v) is 11.0. The lowest BCUT2D eigenvalue weighted by molar-refractivity contribution is 0.199. The zero-order chi connectivity index (χ0) is 29.1. The summed E-state index contributed by atoms with van der Waals surface area (Å²) in [6.45, 7) is 8.23. The molecule has 0 radical (unpaired) electrons. The minimum atomic E-state index is -0.428. The van der Waals surface area contributed by atoms with E-state index in [9.17, 15) is 4.79 Å². The lowest BCUT2D eigenvalue weighted by Gasteiger charge is -2.40. The first kappa shape index (κ1) is 27.9. The summed E-state index contributed by atoms with van der Waals surface area (Å²) in [6, 6.07) is 23.5. The number of pyridine rings is 1. The van der Waals surface area contributed by atoms with Gasteiger partial charge in [-0.05, 0) is 78.2 Å². The summed E-state index contributed by atoms with van der Waals surface area (Å²) in [5.41, 5.74) is 4.74. The van der Waals surface area contributed by atoms with Crippen molar-refractivity contribution < 1.29 is 4.74 Å². The molecule has 0 aliphatic carbocycles. The molecule has 6 rings (SSSR count). The van der Waals surface area contributed by atoms with Gasteiger partial charge < -0.3 is 14.6 Å². The lowest BCUT2D eigenvalue weighted by Crippen LogP contribution is -2.49. The van der Waals surface area contributed by atoms with E-state index in [1.54, 1.807) is 0 Å². The molecule has 10 heteroatoms. The molecule has 42 heavy (non-hydrogen) atoms. The summed E-state index contributed by atoms with van der Waals surface area (Å²) >= 11 is 6.34. The summed E-state index contributed by atoms with van der Waals surface area (Å²) in [7, 11) is 0. The third kappa shape index (κ3) is 5.89. The van der Waals surface area contributed by atoms with Gasteiger partial charge >= 0.3 is 0 Å². The van der Waals surface area contributed by atoms with Crippen molar-refractivity contribution in [3.8, 4) is 5.75 Å². The predicted molar refractivity (Wildman–Crippen MR) is 166 cm³/mol. The van der Waals surface area contributed by atoms with Crippen molar-refractivity contribution in [3.63, 3.8) is 0 Å². The van der Waals surface area contributed by atoms with Gasteiger partial charge in [0.05, 0.1) is 6.61 Å². The summed E-state index contributed by atoms with van der Waals surface area (Å²) in [5, 5.41) is 14.6. The maximum atomic E-state index is 13.7. The number of nitrogens with one attached hydrogen (secondary N) is 1. The first-order valence-corrected chi connectivity index (χ1v) is 14.7. The lowest BCUT2D eigenvalue weighted by atomic mass is 10.0. The number of fused-ring (bicyclic) bond motifs is 1. The van der Waals surface area contributed by atoms with Crippen molar-refractivity contribution in [1.82, 2.24) is 30.1 Å². The Hall–Kier alpha value is -4.21. The molecular weight excluding hydrogens is 550 g/mol. The van der Waals surface area contributed by atoms with Crippen LogP contribution in [0.15, 0.2) is 77.6 Å². The van der Waals surface area contributed by atoms with E-state index < -0.39 is 6.04 Å². The van der Waals surface area contributed by atoms with Gasteiger partial charge in [0.15, 0.2) is 5.82 Å². The quantitative estimate of drug-likeness (QED) is 0.260. The largest absolute Gasteiger partial charge is 0.494 e. The molecule has 1 atom stereocenters. The fourth-order valence-electron chi connectivity index (χ4n) is 5.75. The monoisotopic (exact) mass is 583 g/mol. The maximum Gasteiger partial charge on any atom is 0.253 e. The Balaban J connectivity index is 1.36. The van der Waals surface area contributed by atoms with Gasteiger partial charge in [-0.25, -0.2) is 4.68 Å². The molecule has 0 spiro atoms. The molecule has 0 bridgehead atoms. The van der Waals surface area contributed by atoms with E-state index in [2.05, 4.69) is 55.4 Å². The molecule has 0 saturated carbocycles.